The third-order valence-electron chi connectivity index (χ3n) is 4.26. The molecule has 0 bridgehead atoms. The standard InChI is InChI=1S/C22H30O2/c1-17(9-6-7-14-23)10-8-11-18(2)12-13-21-19(3)15-20(24)16-22(21,4)5/h6-14,20,24H,15-16H2,1-5H3. The molecule has 2 nitrogen and oxygen atoms in total. The van der Waals surface area contributed by atoms with Gasteiger partial charge in [-0.15, -0.1) is 0 Å². The van der Waals surface area contributed by atoms with Gasteiger partial charge in [-0.25, -0.2) is 0 Å². The van der Waals surface area contributed by atoms with Crippen molar-refractivity contribution in [3.8, 4) is 0 Å². The molecule has 0 aromatic heterocycles. The lowest BCUT2D eigenvalue weighted by atomic mass is 9.71. The molecule has 0 radical (unpaired) electrons. The van der Waals surface area contributed by atoms with Gasteiger partial charge in [-0.2, -0.15) is 0 Å². The van der Waals surface area contributed by atoms with Crippen molar-refractivity contribution >= 4 is 6.29 Å². The minimum atomic E-state index is -0.222. The minimum Gasteiger partial charge on any atom is -0.393 e. The Bertz CT molecular complexity index is 622. The molecule has 1 atom stereocenters. The van der Waals surface area contributed by atoms with Gasteiger partial charge in [0.2, 0.25) is 0 Å². The summed E-state index contributed by atoms with van der Waals surface area (Å²) in [7, 11) is 0. The second kappa shape index (κ2) is 9.39. The molecule has 1 aliphatic carbocycles. The van der Waals surface area contributed by atoms with Gasteiger partial charge in [-0.05, 0) is 50.7 Å². The van der Waals surface area contributed by atoms with Gasteiger partial charge in [0.1, 0.15) is 6.29 Å². The van der Waals surface area contributed by atoms with Crippen LogP contribution in [-0.4, -0.2) is 17.5 Å². The Hall–Kier alpha value is -1.93. The van der Waals surface area contributed by atoms with Gasteiger partial charge in [0.25, 0.3) is 0 Å². The molecule has 1 aliphatic rings. The van der Waals surface area contributed by atoms with Gasteiger partial charge < -0.3 is 5.11 Å². The zero-order valence-electron chi connectivity index (χ0n) is 15.5. The van der Waals surface area contributed by atoms with E-state index < -0.39 is 0 Å². The average molecular weight is 326 g/mol. The number of rotatable bonds is 6. The summed E-state index contributed by atoms with van der Waals surface area (Å²) in [5.74, 6) is 0. The van der Waals surface area contributed by atoms with Crippen LogP contribution in [0.4, 0.5) is 0 Å². The lowest BCUT2D eigenvalue weighted by Crippen LogP contribution is -2.28. The maximum atomic E-state index is 10.2. The van der Waals surface area contributed by atoms with Crippen LogP contribution in [-0.2, 0) is 4.79 Å². The van der Waals surface area contributed by atoms with E-state index >= 15 is 0 Å². The van der Waals surface area contributed by atoms with E-state index in [2.05, 4.69) is 45.9 Å². The van der Waals surface area contributed by atoms with Crippen molar-refractivity contribution in [2.45, 2.75) is 53.6 Å². The fraction of sp³-hybridized carbons (Fsp3) is 0.409. The van der Waals surface area contributed by atoms with Crippen LogP contribution in [0.15, 0.2) is 70.9 Å². The van der Waals surface area contributed by atoms with Crippen molar-refractivity contribution in [1.82, 2.24) is 0 Å². The molecule has 0 spiro atoms. The number of hydrogen-bond acceptors (Lipinski definition) is 2. The minimum absolute atomic E-state index is 0.0125. The largest absolute Gasteiger partial charge is 0.393 e. The topological polar surface area (TPSA) is 37.3 Å². The molecular weight excluding hydrogens is 296 g/mol. The first kappa shape index (κ1) is 20.1. The normalized spacial score (nSPS) is 23.0. The molecule has 130 valence electrons. The molecule has 0 saturated heterocycles. The molecule has 0 amide bonds. The molecule has 0 saturated carbocycles. The van der Waals surface area contributed by atoms with Crippen LogP contribution >= 0.6 is 0 Å². The van der Waals surface area contributed by atoms with Gasteiger partial charge >= 0.3 is 0 Å². The van der Waals surface area contributed by atoms with Crippen LogP contribution in [0.5, 0.6) is 0 Å². The van der Waals surface area contributed by atoms with Crippen molar-refractivity contribution in [3.63, 3.8) is 0 Å². The third-order valence-corrected chi connectivity index (χ3v) is 4.26. The molecule has 1 unspecified atom stereocenters. The first-order valence-electron chi connectivity index (χ1n) is 8.46. The lowest BCUT2D eigenvalue weighted by Gasteiger charge is -2.35. The molecule has 0 aliphatic heterocycles. The van der Waals surface area contributed by atoms with Crippen molar-refractivity contribution in [3.05, 3.63) is 70.9 Å². The molecule has 0 aromatic rings. The number of allylic oxidation sites excluding steroid dienone is 11. The van der Waals surface area contributed by atoms with E-state index in [1.165, 1.54) is 22.8 Å². The summed E-state index contributed by atoms with van der Waals surface area (Å²) in [6.45, 7) is 10.6. The van der Waals surface area contributed by atoms with Gasteiger partial charge in [0.05, 0.1) is 6.10 Å². The van der Waals surface area contributed by atoms with E-state index in [-0.39, 0.29) is 11.5 Å². The molecular formula is C22H30O2. The Labute approximate surface area is 146 Å². The third kappa shape index (κ3) is 6.67. The molecule has 1 N–H and O–H groups in total. The summed E-state index contributed by atoms with van der Waals surface area (Å²) in [5.41, 5.74) is 4.88. The predicted octanol–water partition coefficient (Wildman–Crippen LogP) is 5.24. The van der Waals surface area contributed by atoms with E-state index in [9.17, 15) is 9.90 Å². The highest BCUT2D eigenvalue weighted by Crippen LogP contribution is 2.40. The monoisotopic (exact) mass is 326 g/mol. The first-order chi connectivity index (χ1) is 11.3. The summed E-state index contributed by atoms with van der Waals surface area (Å²) in [5, 5.41) is 9.95. The van der Waals surface area contributed by atoms with Crippen LogP contribution in [0.3, 0.4) is 0 Å². The number of aliphatic hydroxyl groups excluding tert-OH is 1. The van der Waals surface area contributed by atoms with Crippen molar-refractivity contribution < 1.29 is 9.90 Å². The average Bonchev–Trinajstić information content (AvgIpc) is 2.45. The number of carbonyl (C=O) groups excluding carboxylic acids is 1. The number of hydrogen-bond donors (Lipinski definition) is 1. The Kier molecular flexibility index (Phi) is 7.87. The molecule has 0 fully saturated rings. The lowest BCUT2D eigenvalue weighted by molar-refractivity contribution is -0.104. The number of aliphatic hydroxyl groups is 1. The first-order valence-corrected chi connectivity index (χ1v) is 8.46. The van der Waals surface area contributed by atoms with Crippen LogP contribution in [0, 0.1) is 5.41 Å². The summed E-state index contributed by atoms with van der Waals surface area (Å²) in [4.78, 5) is 10.2. The van der Waals surface area contributed by atoms with Gasteiger partial charge in [-0.1, -0.05) is 73.1 Å². The second-order valence-electron chi connectivity index (χ2n) is 7.17. The maximum Gasteiger partial charge on any atom is 0.142 e. The summed E-state index contributed by atoms with van der Waals surface area (Å²) in [6, 6.07) is 0. The van der Waals surface area contributed by atoms with Crippen molar-refractivity contribution in [2.75, 3.05) is 0 Å². The summed E-state index contributed by atoms with van der Waals surface area (Å²) >= 11 is 0. The van der Waals surface area contributed by atoms with Crippen LogP contribution < -0.4 is 0 Å². The highest BCUT2D eigenvalue weighted by atomic mass is 16.3. The summed E-state index contributed by atoms with van der Waals surface area (Å²) in [6.07, 6.45) is 17.6. The highest BCUT2D eigenvalue weighted by molar-refractivity contribution is 5.65. The zero-order valence-corrected chi connectivity index (χ0v) is 15.5. The van der Waals surface area contributed by atoms with E-state index in [1.807, 2.05) is 25.2 Å². The van der Waals surface area contributed by atoms with Crippen molar-refractivity contribution in [2.24, 2.45) is 5.41 Å². The second-order valence-corrected chi connectivity index (χ2v) is 7.17. The Morgan fingerprint density at radius 1 is 1.08 bits per heavy atom. The fourth-order valence-electron chi connectivity index (χ4n) is 3.11. The van der Waals surface area contributed by atoms with Crippen molar-refractivity contribution in [1.29, 1.82) is 0 Å². The molecule has 2 heteroatoms. The quantitative estimate of drug-likeness (QED) is 0.411. The smallest absolute Gasteiger partial charge is 0.142 e. The maximum absolute atomic E-state index is 10.2. The highest BCUT2D eigenvalue weighted by Gasteiger charge is 2.31. The number of carbonyl (C=O) groups is 1. The Morgan fingerprint density at radius 2 is 1.71 bits per heavy atom. The molecule has 1 rings (SSSR count). The SMILES string of the molecule is CC(C=CC=C(C)C=CC1=C(C)CC(O)CC1(C)C)=CC=CC=O. The predicted molar refractivity (Wildman–Crippen MR) is 103 cm³/mol. The molecule has 24 heavy (non-hydrogen) atoms. The van der Waals surface area contributed by atoms with Gasteiger partial charge in [-0.3, -0.25) is 4.79 Å². The molecule has 0 heterocycles. The summed E-state index contributed by atoms with van der Waals surface area (Å²) < 4.78 is 0. The van der Waals surface area contributed by atoms with E-state index in [0.29, 0.717) is 0 Å². The van der Waals surface area contributed by atoms with Crippen LogP contribution in [0.25, 0.3) is 0 Å². The Morgan fingerprint density at radius 3 is 2.33 bits per heavy atom. The Balaban J connectivity index is 2.79. The fourth-order valence-corrected chi connectivity index (χ4v) is 3.11. The molecule has 0 aromatic carbocycles. The van der Waals surface area contributed by atoms with E-state index in [0.717, 1.165) is 24.7 Å². The van der Waals surface area contributed by atoms with Crippen LogP contribution in [0.1, 0.15) is 47.5 Å². The van der Waals surface area contributed by atoms with Gasteiger partial charge in [0.15, 0.2) is 0 Å². The van der Waals surface area contributed by atoms with Gasteiger partial charge in [0, 0.05) is 0 Å². The van der Waals surface area contributed by atoms with Crippen LogP contribution in [0.2, 0.25) is 0 Å². The number of aldehydes is 1. The zero-order chi connectivity index (χ0) is 18.2. The van der Waals surface area contributed by atoms with E-state index in [1.54, 1.807) is 6.08 Å². The van der Waals surface area contributed by atoms with E-state index in [4.69, 9.17) is 0 Å².